The molecule has 124 valence electrons. The summed E-state index contributed by atoms with van der Waals surface area (Å²) in [6, 6.07) is 11.8. The van der Waals surface area contributed by atoms with Crippen molar-refractivity contribution in [3.8, 4) is 5.69 Å². The third-order valence-electron chi connectivity index (χ3n) is 3.76. The van der Waals surface area contributed by atoms with E-state index in [9.17, 15) is 4.79 Å². The molecule has 0 atom stereocenters. The van der Waals surface area contributed by atoms with Gasteiger partial charge in [0.1, 0.15) is 5.39 Å². The number of rotatable bonds is 4. The highest BCUT2D eigenvalue weighted by molar-refractivity contribution is 7.98. The number of aromatic nitrogens is 5. The van der Waals surface area contributed by atoms with Gasteiger partial charge < -0.3 is 4.98 Å². The van der Waals surface area contributed by atoms with Crippen LogP contribution in [0, 0.1) is 6.92 Å². The van der Waals surface area contributed by atoms with Crippen molar-refractivity contribution in [3.63, 3.8) is 0 Å². The van der Waals surface area contributed by atoms with Crippen LogP contribution in [0.15, 0.2) is 64.9 Å². The minimum Gasteiger partial charge on any atom is -0.301 e. The fourth-order valence-electron chi connectivity index (χ4n) is 2.55. The average Bonchev–Trinajstić information content (AvgIpc) is 3.05. The number of pyridine rings is 1. The van der Waals surface area contributed by atoms with Crippen molar-refractivity contribution in [1.82, 2.24) is 24.7 Å². The summed E-state index contributed by atoms with van der Waals surface area (Å²) >= 11 is 1.47. The molecule has 4 aromatic rings. The van der Waals surface area contributed by atoms with Gasteiger partial charge in [0.25, 0.3) is 5.56 Å². The lowest BCUT2D eigenvalue weighted by atomic mass is 10.2. The van der Waals surface area contributed by atoms with E-state index in [1.165, 1.54) is 11.8 Å². The Morgan fingerprint density at radius 1 is 1.20 bits per heavy atom. The lowest BCUT2D eigenvalue weighted by Gasteiger charge is -2.05. The third-order valence-corrected chi connectivity index (χ3v) is 4.71. The summed E-state index contributed by atoms with van der Waals surface area (Å²) in [5.41, 5.74) is 3.46. The highest BCUT2D eigenvalue weighted by atomic mass is 32.2. The number of nitrogens with zero attached hydrogens (tertiary/aromatic N) is 4. The van der Waals surface area contributed by atoms with Gasteiger partial charge in [0.2, 0.25) is 0 Å². The fraction of sp³-hybridized carbons (Fsp3) is 0.111. The summed E-state index contributed by atoms with van der Waals surface area (Å²) in [5, 5.41) is 5.39. The van der Waals surface area contributed by atoms with Gasteiger partial charge in [0.15, 0.2) is 10.8 Å². The molecule has 6 nitrogen and oxygen atoms in total. The number of benzene rings is 1. The Bertz CT molecular complexity index is 1090. The first-order valence-electron chi connectivity index (χ1n) is 7.77. The highest BCUT2D eigenvalue weighted by Gasteiger charge is 2.12. The number of aryl methyl sites for hydroxylation is 1. The molecule has 0 spiro atoms. The van der Waals surface area contributed by atoms with Crippen LogP contribution in [0.2, 0.25) is 0 Å². The number of aromatic amines is 1. The van der Waals surface area contributed by atoms with Crippen LogP contribution in [-0.4, -0.2) is 24.7 Å². The molecule has 25 heavy (non-hydrogen) atoms. The van der Waals surface area contributed by atoms with Crippen molar-refractivity contribution in [2.75, 3.05) is 0 Å². The Kier molecular flexibility index (Phi) is 4.07. The quantitative estimate of drug-likeness (QED) is 0.452. The Morgan fingerprint density at radius 3 is 2.92 bits per heavy atom. The topological polar surface area (TPSA) is 76.5 Å². The maximum atomic E-state index is 12.3. The van der Waals surface area contributed by atoms with E-state index in [1.54, 1.807) is 23.3 Å². The molecule has 3 heterocycles. The molecule has 0 unspecified atom stereocenters. The van der Waals surface area contributed by atoms with Crippen molar-refractivity contribution in [3.05, 3.63) is 76.5 Å². The second kappa shape index (κ2) is 6.52. The van der Waals surface area contributed by atoms with Crippen molar-refractivity contribution in [1.29, 1.82) is 0 Å². The number of thioether (sulfide) groups is 1. The molecule has 4 rings (SSSR count). The number of H-pyrrole nitrogens is 1. The first-order valence-corrected chi connectivity index (χ1v) is 8.76. The van der Waals surface area contributed by atoms with Gasteiger partial charge >= 0.3 is 0 Å². The summed E-state index contributed by atoms with van der Waals surface area (Å²) in [6.45, 7) is 2.02. The van der Waals surface area contributed by atoms with E-state index >= 15 is 0 Å². The first kappa shape index (κ1) is 15.6. The van der Waals surface area contributed by atoms with E-state index in [0.29, 0.717) is 21.9 Å². The van der Waals surface area contributed by atoms with Crippen LogP contribution in [0.25, 0.3) is 16.7 Å². The Morgan fingerprint density at radius 2 is 2.12 bits per heavy atom. The molecule has 0 aliphatic carbocycles. The van der Waals surface area contributed by atoms with Crippen LogP contribution in [-0.2, 0) is 5.75 Å². The molecule has 1 aromatic carbocycles. The highest BCUT2D eigenvalue weighted by Crippen LogP contribution is 2.21. The molecular weight excluding hydrogens is 334 g/mol. The fourth-order valence-corrected chi connectivity index (χ4v) is 3.34. The van der Waals surface area contributed by atoms with Gasteiger partial charge in [-0.05, 0) is 36.2 Å². The molecule has 7 heteroatoms. The Hall–Kier alpha value is -2.93. The zero-order chi connectivity index (χ0) is 17.2. The largest absolute Gasteiger partial charge is 0.301 e. The van der Waals surface area contributed by atoms with E-state index in [-0.39, 0.29) is 5.56 Å². The number of hydrogen-bond donors (Lipinski definition) is 1. The summed E-state index contributed by atoms with van der Waals surface area (Å²) in [7, 11) is 0. The van der Waals surface area contributed by atoms with Crippen molar-refractivity contribution < 1.29 is 0 Å². The third kappa shape index (κ3) is 3.18. The second-order valence-electron chi connectivity index (χ2n) is 5.65. The van der Waals surface area contributed by atoms with Gasteiger partial charge in [0, 0.05) is 18.1 Å². The zero-order valence-corrected chi connectivity index (χ0v) is 14.3. The Balaban J connectivity index is 1.73. The van der Waals surface area contributed by atoms with Crippen LogP contribution in [0.4, 0.5) is 0 Å². The molecule has 0 fully saturated rings. The predicted molar refractivity (Wildman–Crippen MR) is 98.0 cm³/mol. The minimum absolute atomic E-state index is 0.183. The van der Waals surface area contributed by atoms with Gasteiger partial charge in [-0.2, -0.15) is 5.10 Å². The van der Waals surface area contributed by atoms with Gasteiger partial charge in [-0.1, -0.05) is 30.0 Å². The molecule has 0 radical (unpaired) electrons. The summed E-state index contributed by atoms with van der Waals surface area (Å²) in [4.78, 5) is 23.9. The first-order chi connectivity index (χ1) is 12.2. The van der Waals surface area contributed by atoms with E-state index in [4.69, 9.17) is 0 Å². The monoisotopic (exact) mass is 349 g/mol. The SMILES string of the molecule is Cc1cccc(-n2ncc3c(=O)[nH]c(SCc4cccnc4)nc32)c1. The van der Waals surface area contributed by atoms with E-state index < -0.39 is 0 Å². The summed E-state index contributed by atoms with van der Waals surface area (Å²) in [6.07, 6.45) is 5.10. The molecule has 0 amide bonds. The summed E-state index contributed by atoms with van der Waals surface area (Å²) < 4.78 is 1.70. The standard InChI is InChI=1S/C18H15N5OS/c1-12-4-2-6-14(8-12)23-16-15(10-20-23)17(24)22-18(21-16)25-11-13-5-3-7-19-9-13/h2-10H,11H2,1H3,(H,21,22,24). The van der Waals surface area contributed by atoms with Crippen LogP contribution >= 0.6 is 11.8 Å². The molecule has 1 N–H and O–H groups in total. The van der Waals surface area contributed by atoms with Crippen LogP contribution in [0.5, 0.6) is 0 Å². The van der Waals surface area contributed by atoms with Gasteiger partial charge in [-0.15, -0.1) is 0 Å². The molecule has 0 aliphatic rings. The lowest BCUT2D eigenvalue weighted by molar-refractivity contribution is 0.872. The average molecular weight is 349 g/mol. The summed E-state index contributed by atoms with van der Waals surface area (Å²) in [5.74, 6) is 0.681. The molecule has 0 saturated carbocycles. The maximum Gasteiger partial charge on any atom is 0.262 e. The van der Waals surface area contributed by atoms with E-state index in [1.807, 2.05) is 43.3 Å². The normalized spacial score (nSPS) is 11.1. The number of nitrogens with one attached hydrogen (secondary N) is 1. The van der Waals surface area contributed by atoms with E-state index in [2.05, 4.69) is 20.1 Å². The van der Waals surface area contributed by atoms with Crippen LogP contribution in [0.1, 0.15) is 11.1 Å². The van der Waals surface area contributed by atoms with Gasteiger partial charge in [0.05, 0.1) is 11.9 Å². The number of fused-ring (bicyclic) bond motifs is 1. The van der Waals surface area contributed by atoms with Gasteiger partial charge in [-0.25, -0.2) is 9.67 Å². The maximum absolute atomic E-state index is 12.3. The Labute approximate surface area is 148 Å². The molecular formula is C18H15N5OS. The lowest BCUT2D eigenvalue weighted by Crippen LogP contribution is -2.09. The van der Waals surface area contributed by atoms with E-state index in [0.717, 1.165) is 16.8 Å². The van der Waals surface area contributed by atoms with Crippen molar-refractivity contribution in [2.45, 2.75) is 17.8 Å². The van der Waals surface area contributed by atoms with Crippen LogP contribution < -0.4 is 5.56 Å². The molecule has 0 bridgehead atoms. The second-order valence-corrected chi connectivity index (χ2v) is 6.62. The smallest absolute Gasteiger partial charge is 0.262 e. The zero-order valence-electron chi connectivity index (χ0n) is 13.5. The molecule has 0 saturated heterocycles. The molecule has 0 aliphatic heterocycles. The van der Waals surface area contributed by atoms with Crippen molar-refractivity contribution in [2.24, 2.45) is 0 Å². The number of hydrogen-bond acceptors (Lipinski definition) is 5. The predicted octanol–water partition coefficient (Wildman–Crippen LogP) is 3.10. The van der Waals surface area contributed by atoms with Crippen LogP contribution in [0.3, 0.4) is 0 Å². The minimum atomic E-state index is -0.183. The van der Waals surface area contributed by atoms with Crippen molar-refractivity contribution >= 4 is 22.8 Å². The molecule has 3 aromatic heterocycles. The van der Waals surface area contributed by atoms with Gasteiger partial charge in [-0.3, -0.25) is 9.78 Å².